The highest BCUT2D eigenvalue weighted by Crippen LogP contribution is 2.31. The van der Waals surface area contributed by atoms with Gasteiger partial charge in [0, 0.05) is 24.5 Å². The summed E-state index contributed by atoms with van der Waals surface area (Å²) < 4.78 is 0. The number of hydrogen-bond acceptors (Lipinski definition) is 3. The molecule has 18 heavy (non-hydrogen) atoms. The van der Waals surface area contributed by atoms with Crippen LogP contribution in [0.3, 0.4) is 0 Å². The molecule has 1 aromatic heterocycles. The van der Waals surface area contributed by atoms with Crippen molar-refractivity contribution in [3.8, 4) is 0 Å². The quantitative estimate of drug-likeness (QED) is 0.912. The number of carboxylic acids is 1. The van der Waals surface area contributed by atoms with Crippen LogP contribution < -0.4 is 0 Å². The smallest absolute Gasteiger partial charge is 0.308 e. The van der Waals surface area contributed by atoms with Crippen molar-refractivity contribution in [2.75, 3.05) is 13.1 Å². The summed E-state index contributed by atoms with van der Waals surface area (Å²) in [5, 5.41) is 11.4. The maximum absolute atomic E-state index is 11.3. The second kappa shape index (κ2) is 5.41. The molecule has 0 radical (unpaired) electrons. The minimum atomic E-state index is -0.640. The zero-order valence-electron chi connectivity index (χ0n) is 11.2. The normalized spacial score (nSPS) is 24.9. The molecule has 1 fully saturated rings. The van der Waals surface area contributed by atoms with Gasteiger partial charge in [0.2, 0.25) is 0 Å². The minimum Gasteiger partial charge on any atom is -0.481 e. The van der Waals surface area contributed by atoms with Crippen LogP contribution in [0.15, 0.2) is 11.4 Å². The lowest BCUT2D eigenvalue weighted by molar-refractivity contribution is -0.143. The van der Waals surface area contributed by atoms with Crippen LogP contribution in [0.25, 0.3) is 0 Å². The van der Waals surface area contributed by atoms with Gasteiger partial charge in [0.05, 0.1) is 5.92 Å². The van der Waals surface area contributed by atoms with Crippen molar-refractivity contribution in [1.29, 1.82) is 0 Å². The Kier molecular flexibility index (Phi) is 4.07. The summed E-state index contributed by atoms with van der Waals surface area (Å²) in [6.45, 7) is 8.87. The summed E-state index contributed by atoms with van der Waals surface area (Å²) in [6.07, 6.45) is 0. The van der Waals surface area contributed by atoms with Gasteiger partial charge < -0.3 is 5.11 Å². The molecule has 1 saturated heterocycles. The van der Waals surface area contributed by atoms with E-state index >= 15 is 0 Å². The van der Waals surface area contributed by atoms with Gasteiger partial charge in [-0.2, -0.15) is 0 Å². The summed E-state index contributed by atoms with van der Waals surface area (Å²) >= 11 is 1.77. The largest absolute Gasteiger partial charge is 0.481 e. The maximum Gasteiger partial charge on any atom is 0.308 e. The lowest BCUT2D eigenvalue weighted by atomic mass is 9.86. The Morgan fingerprint density at radius 2 is 2.28 bits per heavy atom. The highest BCUT2D eigenvalue weighted by atomic mass is 32.1. The molecule has 1 aliphatic heterocycles. The van der Waals surface area contributed by atoms with E-state index in [2.05, 4.69) is 37.1 Å². The minimum absolute atomic E-state index is 0.203. The molecule has 3 nitrogen and oxygen atoms in total. The summed E-state index contributed by atoms with van der Waals surface area (Å²) in [4.78, 5) is 15.0. The van der Waals surface area contributed by atoms with Crippen molar-refractivity contribution < 1.29 is 9.90 Å². The van der Waals surface area contributed by atoms with Crippen molar-refractivity contribution >= 4 is 17.3 Å². The number of hydrogen-bond donors (Lipinski definition) is 1. The summed E-state index contributed by atoms with van der Waals surface area (Å²) in [7, 11) is 0. The fourth-order valence-electron chi connectivity index (χ4n) is 2.75. The van der Waals surface area contributed by atoms with Crippen LogP contribution in [0.1, 0.15) is 24.3 Å². The van der Waals surface area contributed by atoms with Crippen LogP contribution in [0, 0.1) is 24.7 Å². The Hall–Kier alpha value is -0.870. The number of aryl methyl sites for hydroxylation is 1. The van der Waals surface area contributed by atoms with Crippen LogP contribution in [-0.2, 0) is 11.3 Å². The number of carbonyl (C=O) groups is 1. The van der Waals surface area contributed by atoms with Crippen LogP contribution in [-0.4, -0.2) is 29.1 Å². The number of aliphatic carboxylic acids is 1. The van der Waals surface area contributed by atoms with Gasteiger partial charge in [-0.25, -0.2) is 0 Å². The van der Waals surface area contributed by atoms with E-state index in [1.54, 1.807) is 11.3 Å². The highest BCUT2D eigenvalue weighted by Gasteiger charge is 2.39. The fraction of sp³-hybridized carbons (Fsp3) is 0.643. The van der Waals surface area contributed by atoms with Crippen molar-refractivity contribution in [3.05, 3.63) is 21.9 Å². The van der Waals surface area contributed by atoms with E-state index in [9.17, 15) is 9.90 Å². The Labute approximate surface area is 112 Å². The number of likely N-dealkylation sites (tertiary alicyclic amines) is 1. The van der Waals surface area contributed by atoms with Gasteiger partial charge in [0.25, 0.3) is 0 Å². The molecule has 0 amide bonds. The van der Waals surface area contributed by atoms with Crippen LogP contribution >= 0.6 is 11.3 Å². The van der Waals surface area contributed by atoms with Gasteiger partial charge in [-0.1, -0.05) is 13.8 Å². The zero-order valence-corrected chi connectivity index (χ0v) is 12.0. The lowest BCUT2D eigenvalue weighted by Gasteiger charge is -2.18. The van der Waals surface area contributed by atoms with E-state index < -0.39 is 5.97 Å². The summed E-state index contributed by atoms with van der Waals surface area (Å²) in [5.74, 6) is -0.132. The average Bonchev–Trinajstić information content (AvgIpc) is 2.87. The first kappa shape index (κ1) is 13.6. The van der Waals surface area contributed by atoms with E-state index in [1.807, 2.05) is 0 Å². The first-order valence-electron chi connectivity index (χ1n) is 6.47. The molecule has 0 bridgehead atoms. The lowest BCUT2D eigenvalue weighted by Crippen LogP contribution is -2.25. The molecule has 4 heteroatoms. The topological polar surface area (TPSA) is 40.5 Å². The fourth-order valence-corrected chi connectivity index (χ4v) is 3.70. The summed E-state index contributed by atoms with van der Waals surface area (Å²) in [5.41, 5.74) is 1.32. The van der Waals surface area contributed by atoms with Crippen LogP contribution in [0.2, 0.25) is 0 Å². The van der Waals surface area contributed by atoms with Crippen LogP contribution in [0.4, 0.5) is 0 Å². The standard InChI is InChI=1S/C14H21NO2S/c1-9(2)11-6-15(7-12(11)14(16)17)8-13-10(3)4-5-18-13/h4-5,9,11-12H,6-8H2,1-3H3,(H,16,17)/t11-,12+/m1/s1. The highest BCUT2D eigenvalue weighted by molar-refractivity contribution is 7.10. The molecule has 2 atom stereocenters. The van der Waals surface area contributed by atoms with E-state index in [4.69, 9.17) is 0 Å². The van der Waals surface area contributed by atoms with E-state index in [0.29, 0.717) is 12.5 Å². The molecule has 2 rings (SSSR count). The third-order valence-corrected chi connectivity index (χ3v) is 4.96. The van der Waals surface area contributed by atoms with E-state index in [1.165, 1.54) is 10.4 Å². The predicted octanol–water partition coefficient (Wildman–Crippen LogP) is 2.85. The first-order chi connectivity index (χ1) is 8.49. The maximum atomic E-state index is 11.3. The molecular weight excluding hydrogens is 246 g/mol. The van der Waals surface area contributed by atoms with Crippen molar-refractivity contribution in [2.24, 2.45) is 17.8 Å². The third-order valence-electron chi connectivity index (χ3n) is 3.95. The third kappa shape index (κ3) is 2.75. The van der Waals surface area contributed by atoms with Gasteiger partial charge >= 0.3 is 5.97 Å². The second-order valence-corrected chi connectivity index (χ2v) is 6.57. The van der Waals surface area contributed by atoms with E-state index in [-0.39, 0.29) is 11.8 Å². The van der Waals surface area contributed by atoms with Crippen LogP contribution in [0.5, 0.6) is 0 Å². The van der Waals surface area contributed by atoms with Gasteiger partial charge in [0.15, 0.2) is 0 Å². The predicted molar refractivity (Wildman–Crippen MR) is 73.8 cm³/mol. The van der Waals surface area contributed by atoms with Gasteiger partial charge in [-0.15, -0.1) is 11.3 Å². The van der Waals surface area contributed by atoms with Gasteiger partial charge in [0.1, 0.15) is 0 Å². The molecule has 0 unspecified atom stereocenters. The Balaban J connectivity index is 2.05. The van der Waals surface area contributed by atoms with Crippen molar-refractivity contribution in [1.82, 2.24) is 4.90 Å². The van der Waals surface area contributed by atoms with Gasteiger partial charge in [-0.3, -0.25) is 9.69 Å². The molecule has 100 valence electrons. The molecule has 1 N–H and O–H groups in total. The molecule has 1 aliphatic rings. The molecule has 0 spiro atoms. The Morgan fingerprint density at radius 1 is 1.56 bits per heavy atom. The molecule has 1 aromatic rings. The summed E-state index contributed by atoms with van der Waals surface area (Å²) in [6, 6.07) is 2.13. The van der Waals surface area contributed by atoms with E-state index in [0.717, 1.165) is 13.1 Å². The SMILES string of the molecule is Cc1ccsc1CN1C[C@H](C(=O)O)[C@@H](C(C)C)C1. The Morgan fingerprint density at radius 3 is 2.72 bits per heavy atom. The Bertz CT molecular complexity index is 427. The first-order valence-corrected chi connectivity index (χ1v) is 7.35. The zero-order chi connectivity index (χ0) is 13.3. The molecular formula is C14H21NO2S. The monoisotopic (exact) mass is 267 g/mol. The average molecular weight is 267 g/mol. The molecule has 0 saturated carbocycles. The number of nitrogens with zero attached hydrogens (tertiary/aromatic N) is 1. The molecule has 0 aliphatic carbocycles. The number of thiophene rings is 1. The van der Waals surface area contributed by atoms with Gasteiger partial charge in [-0.05, 0) is 35.8 Å². The van der Waals surface area contributed by atoms with Crippen molar-refractivity contribution in [2.45, 2.75) is 27.3 Å². The molecule has 0 aromatic carbocycles. The number of rotatable bonds is 4. The second-order valence-electron chi connectivity index (χ2n) is 5.57. The number of carboxylic acid groups (broad SMARTS) is 1. The molecule has 2 heterocycles. The van der Waals surface area contributed by atoms with Crippen molar-refractivity contribution in [3.63, 3.8) is 0 Å².